The molecule has 1 heterocycles. The summed E-state index contributed by atoms with van der Waals surface area (Å²) >= 11 is 12.3. The first-order valence-corrected chi connectivity index (χ1v) is 9.55. The Morgan fingerprint density at radius 1 is 1.12 bits per heavy atom. The van der Waals surface area contributed by atoms with Crippen LogP contribution in [0.2, 0.25) is 10.0 Å². The number of aryl methyl sites for hydroxylation is 1. The highest BCUT2D eigenvalue weighted by molar-refractivity contribution is 6.31. The van der Waals surface area contributed by atoms with E-state index in [9.17, 15) is 9.90 Å². The number of carboxylic acid groups (broad SMARTS) is 1. The first-order chi connectivity index (χ1) is 12.5. The van der Waals surface area contributed by atoms with Crippen molar-refractivity contribution in [1.29, 1.82) is 0 Å². The Labute approximate surface area is 162 Å². The molecule has 0 saturated heterocycles. The molecule has 1 aliphatic carbocycles. The molecule has 0 bridgehead atoms. The van der Waals surface area contributed by atoms with Gasteiger partial charge in [0.05, 0.1) is 6.42 Å². The largest absolute Gasteiger partial charge is 0.481 e. The molecular formula is C21H19Cl2NO2. The first kappa shape index (κ1) is 17.4. The molecule has 1 unspecified atom stereocenters. The van der Waals surface area contributed by atoms with Crippen molar-refractivity contribution in [3.63, 3.8) is 0 Å². The molecule has 1 atom stereocenters. The molecule has 4 rings (SSSR count). The number of carbonyl (C=O) groups is 1. The number of halogens is 2. The summed E-state index contributed by atoms with van der Waals surface area (Å²) in [5, 5.41) is 12.0. The van der Waals surface area contributed by atoms with Gasteiger partial charge in [-0.1, -0.05) is 35.3 Å². The van der Waals surface area contributed by atoms with Crippen LogP contribution < -0.4 is 0 Å². The molecule has 0 aliphatic heterocycles. The highest BCUT2D eigenvalue weighted by Crippen LogP contribution is 2.41. The summed E-state index contributed by atoms with van der Waals surface area (Å²) < 4.78 is 2.27. The average Bonchev–Trinajstić information content (AvgIpc) is 2.91. The van der Waals surface area contributed by atoms with Gasteiger partial charge in [0.1, 0.15) is 0 Å². The third kappa shape index (κ3) is 3.22. The Balaban J connectivity index is 1.89. The quantitative estimate of drug-likeness (QED) is 0.606. The third-order valence-corrected chi connectivity index (χ3v) is 5.70. The number of fused-ring (bicyclic) bond motifs is 3. The molecule has 3 nitrogen and oxygen atoms in total. The second-order valence-corrected chi connectivity index (χ2v) is 7.80. The van der Waals surface area contributed by atoms with Crippen molar-refractivity contribution in [1.82, 2.24) is 4.57 Å². The van der Waals surface area contributed by atoms with Gasteiger partial charge in [0.2, 0.25) is 0 Å². The van der Waals surface area contributed by atoms with Gasteiger partial charge >= 0.3 is 5.97 Å². The van der Waals surface area contributed by atoms with Gasteiger partial charge in [0.15, 0.2) is 0 Å². The fourth-order valence-electron chi connectivity index (χ4n) is 4.16. The molecule has 3 aromatic rings. The van der Waals surface area contributed by atoms with Crippen LogP contribution in [0.15, 0.2) is 42.5 Å². The van der Waals surface area contributed by atoms with Crippen LogP contribution in [0.5, 0.6) is 0 Å². The number of carboxylic acids is 1. The summed E-state index contributed by atoms with van der Waals surface area (Å²) in [6.45, 7) is 0.695. The van der Waals surface area contributed by atoms with Crippen molar-refractivity contribution in [2.45, 2.75) is 38.1 Å². The first-order valence-electron chi connectivity index (χ1n) is 8.79. The summed E-state index contributed by atoms with van der Waals surface area (Å²) in [6.07, 6.45) is 3.05. The fourth-order valence-corrected chi connectivity index (χ4v) is 4.46. The molecule has 0 amide bonds. The van der Waals surface area contributed by atoms with E-state index < -0.39 is 5.97 Å². The van der Waals surface area contributed by atoms with Crippen LogP contribution in [0.25, 0.3) is 10.9 Å². The van der Waals surface area contributed by atoms with Gasteiger partial charge in [0.25, 0.3) is 0 Å². The van der Waals surface area contributed by atoms with Gasteiger partial charge in [-0.25, -0.2) is 0 Å². The molecule has 2 aromatic carbocycles. The van der Waals surface area contributed by atoms with Gasteiger partial charge in [-0.3, -0.25) is 4.79 Å². The lowest BCUT2D eigenvalue weighted by Gasteiger charge is -2.24. The number of rotatable bonds is 4. The topological polar surface area (TPSA) is 42.2 Å². The number of hydrogen-bond acceptors (Lipinski definition) is 1. The van der Waals surface area contributed by atoms with Crippen molar-refractivity contribution in [2.24, 2.45) is 0 Å². The molecule has 134 valence electrons. The Morgan fingerprint density at radius 3 is 2.58 bits per heavy atom. The second kappa shape index (κ2) is 6.98. The molecule has 5 heteroatoms. The predicted molar refractivity (Wildman–Crippen MR) is 105 cm³/mol. The summed E-state index contributed by atoms with van der Waals surface area (Å²) in [4.78, 5) is 11.4. The number of hydrogen-bond donors (Lipinski definition) is 1. The van der Waals surface area contributed by atoms with Crippen LogP contribution in [-0.4, -0.2) is 15.6 Å². The van der Waals surface area contributed by atoms with Crippen molar-refractivity contribution >= 4 is 40.1 Å². The molecule has 1 aromatic heterocycles. The molecule has 0 radical (unpaired) electrons. The normalized spacial score (nSPS) is 16.6. The number of nitrogens with zero attached hydrogens (tertiary/aromatic N) is 1. The van der Waals surface area contributed by atoms with E-state index in [1.807, 2.05) is 42.5 Å². The fraction of sp³-hybridized carbons (Fsp3) is 0.286. The minimum absolute atomic E-state index is 0.0368. The standard InChI is InChI=1S/C21H19Cl2NO2/c22-15-6-4-13(5-7-15)12-24-19-9-8-16(23)11-18(19)17-3-1-2-14(21(17)24)10-20(25)26/h4-9,11,14H,1-3,10,12H2,(H,25,26). The molecular weight excluding hydrogens is 369 g/mol. The molecule has 0 fully saturated rings. The number of aromatic nitrogens is 1. The van der Waals surface area contributed by atoms with E-state index in [0.717, 1.165) is 41.4 Å². The van der Waals surface area contributed by atoms with E-state index in [1.165, 1.54) is 5.56 Å². The summed E-state index contributed by atoms with van der Waals surface area (Å²) in [6, 6.07) is 13.8. The van der Waals surface area contributed by atoms with E-state index in [0.29, 0.717) is 16.6 Å². The average molecular weight is 388 g/mol. The van der Waals surface area contributed by atoms with Crippen LogP contribution >= 0.6 is 23.2 Å². The van der Waals surface area contributed by atoms with Crippen LogP contribution in [0, 0.1) is 0 Å². The number of benzene rings is 2. The van der Waals surface area contributed by atoms with Gasteiger partial charge in [-0.05, 0) is 60.7 Å². The van der Waals surface area contributed by atoms with Crippen molar-refractivity contribution in [3.05, 3.63) is 69.3 Å². The van der Waals surface area contributed by atoms with Gasteiger partial charge in [0, 0.05) is 39.1 Å². The molecule has 1 N–H and O–H groups in total. The van der Waals surface area contributed by atoms with Crippen molar-refractivity contribution in [2.75, 3.05) is 0 Å². The van der Waals surface area contributed by atoms with Crippen LogP contribution in [-0.2, 0) is 17.8 Å². The Kier molecular flexibility index (Phi) is 4.68. The van der Waals surface area contributed by atoms with E-state index in [1.54, 1.807) is 0 Å². The van der Waals surface area contributed by atoms with Gasteiger partial charge in [-0.15, -0.1) is 0 Å². The second-order valence-electron chi connectivity index (χ2n) is 6.92. The monoisotopic (exact) mass is 387 g/mol. The van der Waals surface area contributed by atoms with Crippen molar-refractivity contribution < 1.29 is 9.90 Å². The van der Waals surface area contributed by atoms with Crippen molar-refractivity contribution in [3.8, 4) is 0 Å². The maximum Gasteiger partial charge on any atom is 0.304 e. The van der Waals surface area contributed by atoms with Crippen LogP contribution in [0.1, 0.15) is 42.0 Å². The van der Waals surface area contributed by atoms with E-state index in [-0.39, 0.29) is 12.3 Å². The maximum absolute atomic E-state index is 11.4. The van der Waals surface area contributed by atoms with Crippen LogP contribution in [0.3, 0.4) is 0 Å². The summed E-state index contributed by atoms with van der Waals surface area (Å²) in [5.41, 5.74) is 4.68. The molecule has 0 saturated carbocycles. The predicted octanol–water partition coefficient (Wildman–Crippen LogP) is 5.89. The van der Waals surface area contributed by atoms with Crippen LogP contribution in [0.4, 0.5) is 0 Å². The van der Waals surface area contributed by atoms with E-state index in [4.69, 9.17) is 23.2 Å². The zero-order chi connectivity index (χ0) is 18.3. The summed E-state index contributed by atoms with van der Waals surface area (Å²) in [5.74, 6) is -0.709. The minimum Gasteiger partial charge on any atom is -0.481 e. The highest BCUT2D eigenvalue weighted by Gasteiger charge is 2.29. The minimum atomic E-state index is -0.746. The Bertz CT molecular complexity index is 976. The SMILES string of the molecule is O=C(O)CC1CCCc2c1n(Cc1ccc(Cl)cc1)c1ccc(Cl)cc21. The molecule has 26 heavy (non-hydrogen) atoms. The molecule has 0 spiro atoms. The van der Waals surface area contributed by atoms with Gasteiger partial charge in [-0.2, -0.15) is 0 Å². The number of aliphatic carboxylic acids is 1. The lowest BCUT2D eigenvalue weighted by molar-refractivity contribution is -0.137. The van der Waals surface area contributed by atoms with E-state index in [2.05, 4.69) is 4.57 Å². The zero-order valence-electron chi connectivity index (χ0n) is 14.2. The lowest BCUT2D eigenvalue weighted by Crippen LogP contribution is -2.17. The Morgan fingerprint density at radius 2 is 1.85 bits per heavy atom. The van der Waals surface area contributed by atoms with E-state index >= 15 is 0 Å². The Hall–Kier alpha value is -1.97. The molecule has 1 aliphatic rings. The highest BCUT2D eigenvalue weighted by atomic mass is 35.5. The lowest BCUT2D eigenvalue weighted by atomic mass is 9.84. The summed E-state index contributed by atoms with van der Waals surface area (Å²) in [7, 11) is 0. The maximum atomic E-state index is 11.4. The third-order valence-electron chi connectivity index (χ3n) is 5.22. The van der Waals surface area contributed by atoms with Gasteiger partial charge < -0.3 is 9.67 Å². The smallest absolute Gasteiger partial charge is 0.304 e. The zero-order valence-corrected chi connectivity index (χ0v) is 15.7.